The number of hydrogen-bond donors (Lipinski definition) is 3. The summed E-state index contributed by atoms with van der Waals surface area (Å²) in [7, 11) is -3.32. The summed E-state index contributed by atoms with van der Waals surface area (Å²) in [5.74, 6) is -0.0658. The molecule has 1 amide bonds. The van der Waals surface area contributed by atoms with Gasteiger partial charge in [0.05, 0.1) is 17.9 Å². The normalized spacial score (nSPS) is 18.4. The first-order chi connectivity index (χ1) is 9.44. The van der Waals surface area contributed by atoms with Gasteiger partial charge in [-0.3, -0.25) is 9.52 Å². The SMILES string of the molecule is CS(=O)(=O)Nc1cccc(NC(=O)[C@@H]2CCCNC2)c1.Cl. The van der Waals surface area contributed by atoms with E-state index in [1.165, 1.54) is 0 Å². The van der Waals surface area contributed by atoms with Crippen molar-refractivity contribution in [1.29, 1.82) is 0 Å². The van der Waals surface area contributed by atoms with E-state index in [0.717, 1.165) is 25.6 Å². The lowest BCUT2D eigenvalue weighted by molar-refractivity contribution is -0.120. The van der Waals surface area contributed by atoms with Gasteiger partial charge < -0.3 is 10.6 Å². The number of carbonyl (C=O) groups excluding carboxylic acids is 1. The van der Waals surface area contributed by atoms with E-state index in [1.54, 1.807) is 24.3 Å². The number of carbonyl (C=O) groups is 1. The molecule has 118 valence electrons. The summed E-state index contributed by atoms with van der Waals surface area (Å²) in [4.78, 5) is 12.1. The molecule has 1 aromatic carbocycles. The highest BCUT2D eigenvalue weighted by Gasteiger charge is 2.20. The van der Waals surface area contributed by atoms with E-state index < -0.39 is 10.0 Å². The lowest BCUT2D eigenvalue weighted by atomic mass is 9.99. The lowest BCUT2D eigenvalue weighted by Gasteiger charge is -2.22. The lowest BCUT2D eigenvalue weighted by Crippen LogP contribution is -2.37. The standard InChI is InChI=1S/C13H19N3O3S.ClH/c1-20(18,19)16-12-6-2-5-11(8-12)15-13(17)10-4-3-7-14-9-10;/h2,5-6,8,10,14,16H,3-4,7,9H2,1H3,(H,15,17);1H/t10-;/m1./s1. The van der Waals surface area contributed by atoms with Crippen LogP contribution in [0.4, 0.5) is 11.4 Å². The van der Waals surface area contributed by atoms with E-state index >= 15 is 0 Å². The number of hydrogen-bond acceptors (Lipinski definition) is 4. The molecule has 6 nitrogen and oxygen atoms in total. The van der Waals surface area contributed by atoms with Gasteiger partial charge in [-0.05, 0) is 37.6 Å². The van der Waals surface area contributed by atoms with Gasteiger partial charge in [0.2, 0.25) is 15.9 Å². The summed E-state index contributed by atoms with van der Waals surface area (Å²) < 4.78 is 24.7. The van der Waals surface area contributed by atoms with Crippen molar-refractivity contribution in [2.45, 2.75) is 12.8 Å². The molecule has 1 fully saturated rings. The Labute approximate surface area is 131 Å². The Hall–Kier alpha value is -1.31. The zero-order valence-electron chi connectivity index (χ0n) is 11.8. The van der Waals surface area contributed by atoms with Crippen LogP contribution in [-0.4, -0.2) is 33.7 Å². The maximum absolute atomic E-state index is 12.1. The zero-order chi connectivity index (χ0) is 14.6. The first-order valence-corrected chi connectivity index (χ1v) is 8.42. The van der Waals surface area contributed by atoms with Crippen LogP contribution in [0.25, 0.3) is 0 Å². The van der Waals surface area contributed by atoms with E-state index in [4.69, 9.17) is 0 Å². The van der Waals surface area contributed by atoms with Crippen LogP contribution in [0.2, 0.25) is 0 Å². The van der Waals surface area contributed by atoms with E-state index in [9.17, 15) is 13.2 Å². The quantitative estimate of drug-likeness (QED) is 0.777. The van der Waals surface area contributed by atoms with Crippen LogP contribution in [0.1, 0.15) is 12.8 Å². The van der Waals surface area contributed by atoms with Crippen molar-refractivity contribution < 1.29 is 13.2 Å². The number of halogens is 1. The summed E-state index contributed by atoms with van der Waals surface area (Å²) in [6, 6.07) is 6.68. The Bertz CT molecular complexity index is 586. The molecular formula is C13H20ClN3O3S. The first kappa shape index (κ1) is 17.7. The third kappa shape index (κ3) is 5.91. The largest absolute Gasteiger partial charge is 0.326 e. The van der Waals surface area contributed by atoms with Gasteiger partial charge in [0.1, 0.15) is 0 Å². The van der Waals surface area contributed by atoms with Crippen molar-refractivity contribution in [3.8, 4) is 0 Å². The van der Waals surface area contributed by atoms with Gasteiger partial charge in [-0.2, -0.15) is 0 Å². The molecule has 1 aliphatic heterocycles. The summed E-state index contributed by atoms with van der Waals surface area (Å²) in [6.07, 6.45) is 2.96. The molecule has 1 heterocycles. The number of amides is 1. The van der Waals surface area contributed by atoms with Crippen LogP contribution in [0.3, 0.4) is 0 Å². The number of sulfonamides is 1. The minimum Gasteiger partial charge on any atom is -0.326 e. The Kier molecular flexibility index (Phi) is 6.44. The molecule has 0 radical (unpaired) electrons. The second-order valence-electron chi connectivity index (χ2n) is 4.99. The molecule has 21 heavy (non-hydrogen) atoms. The molecule has 0 spiro atoms. The van der Waals surface area contributed by atoms with E-state index in [-0.39, 0.29) is 24.2 Å². The third-order valence-corrected chi connectivity index (χ3v) is 3.71. The summed E-state index contributed by atoms with van der Waals surface area (Å²) in [6.45, 7) is 1.64. The van der Waals surface area contributed by atoms with Crippen LogP contribution in [-0.2, 0) is 14.8 Å². The molecule has 8 heteroatoms. The molecule has 0 aliphatic carbocycles. The maximum Gasteiger partial charge on any atom is 0.229 e. The molecule has 1 atom stereocenters. The van der Waals surface area contributed by atoms with Crippen LogP contribution in [0.5, 0.6) is 0 Å². The van der Waals surface area contributed by atoms with Crippen molar-refractivity contribution in [3.05, 3.63) is 24.3 Å². The van der Waals surface area contributed by atoms with Gasteiger partial charge in [-0.25, -0.2) is 8.42 Å². The molecule has 0 bridgehead atoms. The predicted molar refractivity (Wildman–Crippen MR) is 86.4 cm³/mol. The maximum atomic E-state index is 12.1. The van der Waals surface area contributed by atoms with E-state index in [1.807, 2.05) is 0 Å². The van der Waals surface area contributed by atoms with Gasteiger partial charge in [0.15, 0.2) is 0 Å². The third-order valence-electron chi connectivity index (χ3n) is 3.10. The van der Waals surface area contributed by atoms with Crippen molar-refractivity contribution in [2.75, 3.05) is 29.4 Å². The second-order valence-corrected chi connectivity index (χ2v) is 6.74. The van der Waals surface area contributed by atoms with Crippen molar-refractivity contribution >= 4 is 39.7 Å². The number of anilines is 2. The molecule has 1 aliphatic rings. The minimum absolute atomic E-state index is 0. The molecule has 1 aromatic rings. The van der Waals surface area contributed by atoms with E-state index in [0.29, 0.717) is 17.9 Å². The fourth-order valence-corrected chi connectivity index (χ4v) is 2.75. The van der Waals surface area contributed by atoms with Gasteiger partial charge in [-0.1, -0.05) is 6.07 Å². The van der Waals surface area contributed by atoms with Crippen LogP contribution in [0.15, 0.2) is 24.3 Å². The molecule has 2 rings (SSSR count). The highest BCUT2D eigenvalue weighted by atomic mass is 35.5. The average Bonchev–Trinajstić information content (AvgIpc) is 2.38. The van der Waals surface area contributed by atoms with Crippen molar-refractivity contribution in [1.82, 2.24) is 5.32 Å². The molecular weight excluding hydrogens is 314 g/mol. The van der Waals surface area contributed by atoms with E-state index in [2.05, 4.69) is 15.4 Å². The molecule has 0 saturated carbocycles. The van der Waals surface area contributed by atoms with Crippen molar-refractivity contribution in [3.63, 3.8) is 0 Å². The van der Waals surface area contributed by atoms with Crippen LogP contribution in [0, 0.1) is 5.92 Å². The van der Waals surface area contributed by atoms with Gasteiger partial charge in [0, 0.05) is 12.2 Å². The summed E-state index contributed by atoms with van der Waals surface area (Å²) in [5, 5.41) is 6.02. The Morgan fingerprint density at radius 1 is 1.33 bits per heavy atom. The topological polar surface area (TPSA) is 87.3 Å². The number of benzene rings is 1. The van der Waals surface area contributed by atoms with Gasteiger partial charge >= 0.3 is 0 Å². The average molecular weight is 334 g/mol. The monoisotopic (exact) mass is 333 g/mol. The Balaban J connectivity index is 0.00000220. The van der Waals surface area contributed by atoms with Gasteiger partial charge in [0.25, 0.3) is 0 Å². The number of rotatable bonds is 4. The minimum atomic E-state index is -3.32. The number of nitrogens with one attached hydrogen (secondary N) is 3. The van der Waals surface area contributed by atoms with Crippen LogP contribution < -0.4 is 15.4 Å². The summed E-state index contributed by atoms with van der Waals surface area (Å²) in [5.41, 5.74) is 1.03. The highest BCUT2D eigenvalue weighted by molar-refractivity contribution is 7.92. The molecule has 0 aromatic heterocycles. The second kappa shape index (κ2) is 7.63. The fourth-order valence-electron chi connectivity index (χ4n) is 2.19. The Morgan fingerprint density at radius 2 is 2.05 bits per heavy atom. The summed E-state index contributed by atoms with van der Waals surface area (Å²) >= 11 is 0. The number of piperidine rings is 1. The fraction of sp³-hybridized carbons (Fsp3) is 0.462. The first-order valence-electron chi connectivity index (χ1n) is 6.53. The molecule has 3 N–H and O–H groups in total. The van der Waals surface area contributed by atoms with Gasteiger partial charge in [-0.15, -0.1) is 12.4 Å². The van der Waals surface area contributed by atoms with Crippen LogP contribution >= 0.6 is 12.4 Å². The van der Waals surface area contributed by atoms with Crippen molar-refractivity contribution in [2.24, 2.45) is 5.92 Å². The smallest absolute Gasteiger partial charge is 0.229 e. The highest BCUT2D eigenvalue weighted by Crippen LogP contribution is 2.18. The predicted octanol–water partition coefficient (Wildman–Crippen LogP) is 1.42. The molecule has 1 saturated heterocycles. The Morgan fingerprint density at radius 3 is 2.67 bits per heavy atom. The molecule has 0 unspecified atom stereocenters. The zero-order valence-corrected chi connectivity index (χ0v) is 13.4.